The maximum atomic E-state index is 12.8. The third-order valence-electron chi connectivity index (χ3n) is 4.25. The Balaban J connectivity index is 2.33. The van der Waals surface area contributed by atoms with Crippen LogP contribution < -0.4 is 0 Å². The summed E-state index contributed by atoms with van der Waals surface area (Å²) in [5, 5.41) is 0. The van der Waals surface area contributed by atoms with Crippen LogP contribution >= 0.6 is 0 Å². The van der Waals surface area contributed by atoms with Crippen LogP contribution in [0, 0.1) is 0 Å². The molecule has 26 heavy (non-hydrogen) atoms. The molecule has 2 rings (SSSR count). The number of rotatable bonds is 4. The number of hydrogen-bond acceptors (Lipinski definition) is 6. The number of nitrogens with zero attached hydrogens (tertiary/aromatic N) is 2. The topological polar surface area (TPSA) is 76.2 Å². The number of carbonyl (C=O) groups is 3. The van der Waals surface area contributed by atoms with Crippen molar-refractivity contribution in [3.8, 4) is 0 Å². The second kappa shape index (κ2) is 7.59. The van der Waals surface area contributed by atoms with Crippen LogP contribution in [0.2, 0.25) is 0 Å². The van der Waals surface area contributed by atoms with E-state index in [4.69, 9.17) is 9.47 Å². The average Bonchev–Trinajstić information content (AvgIpc) is 2.80. The van der Waals surface area contributed by atoms with Crippen molar-refractivity contribution in [2.75, 3.05) is 21.2 Å². The zero-order chi connectivity index (χ0) is 19.5. The van der Waals surface area contributed by atoms with Crippen LogP contribution in [-0.4, -0.2) is 60.4 Å². The first-order valence-electron chi connectivity index (χ1n) is 8.21. The molecule has 1 saturated heterocycles. The van der Waals surface area contributed by atoms with Crippen LogP contribution in [0.15, 0.2) is 42.1 Å². The Labute approximate surface area is 153 Å². The lowest BCUT2D eigenvalue weighted by Crippen LogP contribution is -2.51. The fourth-order valence-electron chi connectivity index (χ4n) is 2.94. The van der Waals surface area contributed by atoms with Gasteiger partial charge in [-0.2, -0.15) is 0 Å². The highest BCUT2D eigenvalue weighted by molar-refractivity contribution is 6.17. The number of ether oxygens (including phenoxy) is 2. The molecule has 7 nitrogen and oxygen atoms in total. The highest BCUT2D eigenvalue weighted by Gasteiger charge is 2.56. The predicted molar refractivity (Wildman–Crippen MR) is 95.1 cm³/mol. The van der Waals surface area contributed by atoms with E-state index < -0.39 is 29.4 Å². The summed E-state index contributed by atoms with van der Waals surface area (Å²) >= 11 is 0. The molecule has 0 saturated carbocycles. The van der Waals surface area contributed by atoms with Gasteiger partial charge in [-0.15, -0.1) is 0 Å². The van der Waals surface area contributed by atoms with E-state index in [9.17, 15) is 14.4 Å². The molecule has 1 atom stereocenters. The average molecular weight is 360 g/mol. The van der Waals surface area contributed by atoms with Crippen LogP contribution in [0.25, 0.3) is 0 Å². The molecular formula is C19H24N2O5. The number of amides is 1. The molecule has 7 heteroatoms. The van der Waals surface area contributed by atoms with Crippen LogP contribution in [0.3, 0.4) is 0 Å². The highest BCUT2D eigenvalue weighted by atomic mass is 16.6. The molecule has 0 radical (unpaired) electrons. The van der Waals surface area contributed by atoms with Crippen molar-refractivity contribution in [1.29, 1.82) is 0 Å². The second-order valence-electron chi connectivity index (χ2n) is 6.77. The van der Waals surface area contributed by atoms with Crippen molar-refractivity contribution in [2.45, 2.75) is 32.0 Å². The van der Waals surface area contributed by atoms with Crippen molar-refractivity contribution in [3.05, 3.63) is 47.7 Å². The van der Waals surface area contributed by atoms with E-state index in [1.54, 1.807) is 39.0 Å². The monoisotopic (exact) mass is 360 g/mol. The van der Waals surface area contributed by atoms with Crippen LogP contribution in [0.4, 0.5) is 4.79 Å². The number of benzene rings is 1. The van der Waals surface area contributed by atoms with E-state index in [1.807, 2.05) is 30.3 Å². The number of methoxy groups -OCH3 is 1. The van der Waals surface area contributed by atoms with Crippen LogP contribution in [0.1, 0.15) is 19.4 Å². The molecule has 1 aliphatic rings. The van der Waals surface area contributed by atoms with Gasteiger partial charge in [-0.25, -0.2) is 9.59 Å². The molecule has 1 aromatic rings. The Kier molecular flexibility index (Phi) is 5.69. The van der Waals surface area contributed by atoms with Gasteiger partial charge in [0.05, 0.1) is 12.6 Å². The van der Waals surface area contributed by atoms with Gasteiger partial charge in [-0.05, 0) is 19.4 Å². The minimum atomic E-state index is -1.36. The molecule has 1 fully saturated rings. The predicted octanol–water partition coefficient (Wildman–Crippen LogP) is 1.97. The summed E-state index contributed by atoms with van der Waals surface area (Å²) in [4.78, 5) is 40.6. The van der Waals surface area contributed by atoms with E-state index in [1.165, 1.54) is 7.11 Å². The first kappa shape index (κ1) is 19.5. The van der Waals surface area contributed by atoms with Gasteiger partial charge in [0.25, 0.3) is 0 Å². The van der Waals surface area contributed by atoms with Gasteiger partial charge >= 0.3 is 12.1 Å². The summed E-state index contributed by atoms with van der Waals surface area (Å²) in [5.41, 5.74) is 0.131. The zero-order valence-electron chi connectivity index (χ0n) is 15.7. The molecule has 140 valence electrons. The first-order chi connectivity index (χ1) is 12.2. The number of carbonyl (C=O) groups excluding carboxylic acids is 3. The first-order valence-corrected chi connectivity index (χ1v) is 8.21. The Morgan fingerprint density at radius 3 is 2.38 bits per heavy atom. The molecule has 1 amide bonds. The van der Waals surface area contributed by atoms with Gasteiger partial charge < -0.3 is 14.4 Å². The van der Waals surface area contributed by atoms with E-state index in [0.717, 1.165) is 10.5 Å². The van der Waals surface area contributed by atoms with Crippen molar-refractivity contribution >= 4 is 17.8 Å². The molecule has 0 aromatic heterocycles. The van der Waals surface area contributed by atoms with E-state index in [2.05, 4.69) is 0 Å². The maximum Gasteiger partial charge on any atom is 0.411 e. The number of likely N-dealkylation sites (tertiary alicyclic amines) is 1. The third-order valence-corrected chi connectivity index (χ3v) is 4.25. The summed E-state index contributed by atoms with van der Waals surface area (Å²) in [7, 11) is 4.71. The quantitative estimate of drug-likeness (QED) is 0.464. The van der Waals surface area contributed by atoms with Crippen LogP contribution in [0.5, 0.6) is 0 Å². The van der Waals surface area contributed by atoms with Gasteiger partial charge in [-0.3, -0.25) is 9.69 Å². The van der Waals surface area contributed by atoms with E-state index in [0.29, 0.717) is 5.57 Å². The van der Waals surface area contributed by atoms with Crippen molar-refractivity contribution in [3.63, 3.8) is 0 Å². The zero-order valence-corrected chi connectivity index (χ0v) is 15.7. The fourth-order valence-corrected chi connectivity index (χ4v) is 2.94. The molecule has 1 heterocycles. The van der Waals surface area contributed by atoms with Crippen molar-refractivity contribution in [2.24, 2.45) is 0 Å². The lowest BCUT2D eigenvalue weighted by molar-refractivity contribution is -0.148. The van der Waals surface area contributed by atoms with Gasteiger partial charge in [0.15, 0.2) is 11.8 Å². The summed E-state index contributed by atoms with van der Waals surface area (Å²) in [5.74, 6) is -1.26. The maximum absolute atomic E-state index is 12.8. The SMILES string of the molecule is COC(=O)C1C(=O)/C(=C\N(C)C)C(C)(C)N1C(=O)OCc1ccccc1. The number of ketones is 1. The largest absolute Gasteiger partial charge is 0.467 e. The Morgan fingerprint density at radius 2 is 1.85 bits per heavy atom. The van der Waals surface area contributed by atoms with Gasteiger partial charge in [0.2, 0.25) is 0 Å². The molecule has 1 aromatic carbocycles. The fraction of sp³-hybridized carbons (Fsp3) is 0.421. The second-order valence-corrected chi connectivity index (χ2v) is 6.77. The minimum Gasteiger partial charge on any atom is -0.467 e. The molecule has 0 bridgehead atoms. The smallest absolute Gasteiger partial charge is 0.411 e. The highest BCUT2D eigenvalue weighted by Crippen LogP contribution is 2.37. The Morgan fingerprint density at radius 1 is 1.23 bits per heavy atom. The van der Waals surface area contributed by atoms with Gasteiger partial charge in [0.1, 0.15) is 6.61 Å². The summed E-state index contributed by atoms with van der Waals surface area (Å²) < 4.78 is 10.1. The minimum absolute atomic E-state index is 0.0427. The number of esters is 1. The lowest BCUT2D eigenvalue weighted by Gasteiger charge is -2.33. The summed E-state index contributed by atoms with van der Waals surface area (Å²) in [6, 6.07) is 7.82. The van der Waals surface area contributed by atoms with E-state index in [-0.39, 0.29) is 6.61 Å². The molecule has 0 N–H and O–H groups in total. The van der Waals surface area contributed by atoms with Gasteiger partial charge in [-0.1, -0.05) is 30.3 Å². The molecular weight excluding hydrogens is 336 g/mol. The lowest BCUT2D eigenvalue weighted by atomic mass is 9.95. The number of hydrogen-bond donors (Lipinski definition) is 0. The van der Waals surface area contributed by atoms with Gasteiger partial charge in [0, 0.05) is 25.9 Å². The summed E-state index contributed by atoms with van der Waals surface area (Å²) in [6.45, 7) is 3.45. The molecule has 1 aliphatic heterocycles. The standard InChI is InChI=1S/C19H24N2O5/c1-19(2)14(11-20(3)4)16(22)15(17(23)25-5)21(19)18(24)26-12-13-9-7-6-8-10-13/h6-11,15H,12H2,1-5H3/b14-11+. The van der Waals surface area contributed by atoms with Crippen molar-refractivity contribution < 1.29 is 23.9 Å². The molecule has 0 aliphatic carbocycles. The normalized spacial score (nSPS) is 20.2. The summed E-state index contributed by atoms with van der Waals surface area (Å²) in [6.07, 6.45) is 0.868. The Hall–Kier alpha value is -2.83. The van der Waals surface area contributed by atoms with Crippen LogP contribution in [-0.2, 0) is 25.7 Å². The molecule has 1 unspecified atom stereocenters. The number of Topliss-reactive ketones (excluding diaryl/α,β-unsaturated/α-hetero) is 1. The van der Waals surface area contributed by atoms with Crippen molar-refractivity contribution in [1.82, 2.24) is 9.80 Å². The third kappa shape index (κ3) is 3.71. The molecule has 0 spiro atoms. The van der Waals surface area contributed by atoms with E-state index >= 15 is 0 Å². The Bertz CT molecular complexity index is 725.